The van der Waals surface area contributed by atoms with Crippen LogP contribution in [0, 0.1) is 0 Å². The van der Waals surface area contributed by atoms with Crippen molar-refractivity contribution < 1.29 is 19.2 Å². The Morgan fingerprint density at radius 2 is 1.89 bits per heavy atom. The number of aromatic nitrogens is 2. The number of amides is 2. The number of hydrogen-bond acceptors (Lipinski definition) is 6. The molecule has 3 rings (SSSR count). The number of carbonyl (C=O) groups is 2. The van der Waals surface area contributed by atoms with Crippen LogP contribution in [0.25, 0.3) is 0 Å². The topological polar surface area (TPSA) is 117 Å². The molecule has 0 saturated heterocycles. The number of benzene rings is 1. The third-order valence-corrected chi connectivity index (χ3v) is 5.01. The van der Waals surface area contributed by atoms with E-state index in [9.17, 15) is 14.7 Å². The van der Waals surface area contributed by atoms with E-state index < -0.39 is 5.54 Å². The summed E-state index contributed by atoms with van der Waals surface area (Å²) in [6, 6.07) is 6.55. The van der Waals surface area contributed by atoms with Crippen molar-refractivity contribution in [3.05, 3.63) is 36.0 Å². The van der Waals surface area contributed by atoms with Crippen LogP contribution in [-0.4, -0.2) is 27.1 Å². The Kier molecular flexibility index (Phi) is 6.28. The lowest BCUT2D eigenvalue weighted by atomic mass is 9.89. The molecule has 2 amide bonds. The first-order chi connectivity index (χ1) is 13.5. The minimum atomic E-state index is -0.595. The summed E-state index contributed by atoms with van der Waals surface area (Å²) in [4.78, 5) is 28.4. The zero-order valence-electron chi connectivity index (χ0n) is 16.0. The van der Waals surface area contributed by atoms with Gasteiger partial charge in [0, 0.05) is 19.8 Å². The third-order valence-electron chi connectivity index (χ3n) is 5.01. The van der Waals surface area contributed by atoms with Gasteiger partial charge in [-0.1, -0.05) is 43.0 Å². The maximum Gasteiger partial charge on any atom is 0.227 e. The highest BCUT2D eigenvalue weighted by molar-refractivity contribution is 5.92. The fourth-order valence-electron chi connectivity index (χ4n) is 3.64. The molecule has 0 spiro atoms. The molecular weight excluding hydrogens is 360 g/mol. The predicted molar refractivity (Wildman–Crippen MR) is 103 cm³/mol. The molecular formula is C20H26N4O4. The Hall–Kier alpha value is -2.90. The van der Waals surface area contributed by atoms with Crippen LogP contribution in [-0.2, 0) is 21.5 Å². The smallest absolute Gasteiger partial charge is 0.227 e. The first-order valence-corrected chi connectivity index (χ1v) is 9.68. The molecule has 0 radical (unpaired) electrons. The molecule has 1 saturated carbocycles. The molecule has 1 aliphatic carbocycles. The van der Waals surface area contributed by atoms with Gasteiger partial charge < -0.3 is 20.3 Å². The maximum atomic E-state index is 12.1. The van der Waals surface area contributed by atoms with Gasteiger partial charge in [-0.05, 0) is 25.0 Å². The molecule has 28 heavy (non-hydrogen) atoms. The molecule has 1 heterocycles. The summed E-state index contributed by atoms with van der Waals surface area (Å²) in [5, 5.41) is 19.5. The second kappa shape index (κ2) is 8.86. The number of para-hydroxylation sites is 2. The zero-order valence-corrected chi connectivity index (χ0v) is 16.0. The van der Waals surface area contributed by atoms with Crippen LogP contribution >= 0.6 is 0 Å². The highest BCUT2D eigenvalue weighted by atomic mass is 16.5. The molecule has 1 aliphatic rings. The lowest BCUT2D eigenvalue weighted by Crippen LogP contribution is -2.45. The van der Waals surface area contributed by atoms with Gasteiger partial charge in [-0.3, -0.25) is 9.59 Å². The lowest BCUT2D eigenvalue weighted by molar-refractivity contribution is -0.121. The van der Waals surface area contributed by atoms with Crippen molar-refractivity contribution in [1.29, 1.82) is 0 Å². The number of nitrogens with one attached hydrogen (secondary N) is 2. The third kappa shape index (κ3) is 4.88. The standard InChI is InChI=1S/C20H26N4O4/c1-14(25)23-20(12-6-2-3-7-13-20)19-22-18(28-24-19)11-10-17(27)21-15-8-4-5-9-16(15)26/h4-5,8-9,26H,2-3,6-7,10-13H2,1H3,(H,21,27)(H,23,25). The number of aromatic hydroxyl groups is 1. The molecule has 0 atom stereocenters. The number of rotatable bonds is 6. The van der Waals surface area contributed by atoms with E-state index in [1.54, 1.807) is 18.2 Å². The molecule has 2 aromatic rings. The molecule has 150 valence electrons. The number of anilines is 1. The number of phenolic OH excluding ortho intramolecular Hbond substituents is 1. The van der Waals surface area contributed by atoms with E-state index in [0.29, 0.717) is 17.4 Å². The zero-order chi connectivity index (χ0) is 20.0. The fraction of sp³-hybridized carbons (Fsp3) is 0.500. The molecule has 1 aromatic heterocycles. The lowest BCUT2D eigenvalue weighted by Gasteiger charge is -2.30. The summed E-state index contributed by atoms with van der Waals surface area (Å²) in [6.45, 7) is 1.50. The Morgan fingerprint density at radius 1 is 1.18 bits per heavy atom. The maximum absolute atomic E-state index is 12.1. The summed E-state index contributed by atoms with van der Waals surface area (Å²) < 4.78 is 5.35. The minimum absolute atomic E-state index is 0.0153. The van der Waals surface area contributed by atoms with Crippen LogP contribution in [0.4, 0.5) is 5.69 Å². The Bertz CT molecular complexity index is 825. The van der Waals surface area contributed by atoms with Crippen LogP contribution in [0.3, 0.4) is 0 Å². The van der Waals surface area contributed by atoms with Gasteiger partial charge >= 0.3 is 0 Å². The van der Waals surface area contributed by atoms with Crippen LogP contribution in [0.1, 0.15) is 63.6 Å². The average molecular weight is 386 g/mol. The predicted octanol–water partition coefficient (Wildman–Crippen LogP) is 3.03. The van der Waals surface area contributed by atoms with Gasteiger partial charge in [0.05, 0.1) is 5.69 Å². The first kappa shape index (κ1) is 19.9. The normalized spacial score (nSPS) is 16.2. The second-order valence-corrected chi connectivity index (χ2v) is 7.25. The summed E-state index contributed by atoms with van der Waals surface area (Å²) in [7, 11) is 0. The molecule has 0 unspecified atom stereocenters. The molecule has 1 fully saturated rings. The van der Waals surface area contributed by atoms with Gasteiger partial charge in [0.15, 0.2) is 5.82 Å². The van der Waals surface area contributed by atoms with E-state index >= 15 is 0 Å². The highest BCUT2D eigenvalue weighted by Gasteiger charge is 2.38. The molecule has 1 aromatic carbocycles. The van der Waals surface area contributed by atoms with Crippen molar-refractivity contribution in [1.82, 2.24) is 15.5 Å². The number of aryl methyl sites for hydroxylation is 1. The Labute approximate surface area is 163 Å². The Morgan fingerprint density at radius 3 is 2.57 bits per heavy atom. The van der Waals surface area contributed by atoms with Crippen molar-refractivity contribution in [3.8, 4) is 5.75 Å². The number of hydrogen-bond donors (Lipinski definition) is 3. The van der Waals surface area contributed by atoms with Crippen LogP contribution in [0.2, 0.25) is 0 Å². The van der Waals surface area contributed by atoms with E-state index in [-0.39, 0.29) is 30.4 Å². The molecule has 3 N–H and O–H groups in total. The van der Waals surface area contributed by atoms with Crippen molar-refractivity contribution in [2.45, 2.75) is 63.8 Å². The number of phenols is 1. The van der Waals surface area contributed by atoms with Gasteiger partial charge in [0.25, 0.3) is 0 Å². The first-order valence-electron chi connectivity index (χ1n) is 9.68. The van der Waals surface area contributed by atoms with Gasteiger partial charge in [0.1, 0.15) is 11.3 Å². The highest BCUT2D eigenvalue weighted by Crippen LogP contribution is 2.34. The van der Waals surface area contributed by atoms with Crippen molar-refractivity contribution >= 4 is 17.5 Å². The van der Waals surface area contributed by atoms with Gasteiger partial charge in [-0.15, -0.1) is 0 Å². The van der Waals surface area contributed by atoms with Crippen LogP contribution in [0.15, 0.2) is 28.8 Å². The van der Waals surface area contributed by atoms with E-state index in [1.165, 1.54) is 13.0 Å². The molecule has 0 bridgehead atoms. The van der Waals surface area contributed by atoms with Gasteiger partial charge in [-0.25, -0.2) is 0 Å². The quantitative estimate of drug-likeness (QED) is 0.519. The average Bonchev–Trinajstić information content (AvgIpc) is 3.02. The van der Waals surface area contributed by atoms with Crippen LogP contribution in [0.5, 0.6) is 5.75 Å². The number of carbonyl (C=O) groups excluding carboxylic acids is 2. The molecule has 0 aliphatic heterocycles. The van der Waals surface area contributed by atoms with E-state index in [1.807, 2.05) is 0 Å². The summed E-state index contributed by atoms with van der Waals surface area (Å²) >= 11 is 0. The monoisotopic (exact) mass is 386 g/mol. The molecule has 8 heteroatoms. The van der Waals surface area contributed by atoms with Gasteiger partial charge in [-0.2, -0.15) is 4.98 Å². The summed E-state index contributed by atoms with van der Waals surface area (Å²) in [6.07, 6.45) is 6.21. The number of nitrogens with zero attached hydrogens (tertiary/aromatic N) is 2. The Balaban J connectivity index is 1.64. The van der Waals surface area contributed by atoms with E-state index in [4.69, 9.17) is 4.52 Å². The minimum Gasteiger partial charge on any atom is -0.506 e. The van der Waals surface area contributed by atoms with Crippen LogP contribution < -0.4 is 10.6 Å². The largest absolute Gasteiger partial charge is 0.506 e. The van der Waals surface area contributed by atoms with Crippen molar-refractivity contribution in [2.75, 3.05) is 5.32 Å². The van der Waals surface area contributed by atoms with Gasteiger partial charge in [0.2, 0.25) is 17.7 Å². The summed E-state index contributed by atoms with van der Waals surface area (Å²) in [5.74, 6) is 0.487. The fourth-order valence-corrected chi connectivity index (χ4v) is 3.64. The van der Waals surface area contributed by atoms with E-state index in [2.05, 4.69) is 20.8 Å². The summed E-state index contributed by atoms with van der Waals surface area (Å²) in [5.41, 5.74) is -0.232. The van der Waals surface area contributed by atoms with Crippen molar-refractivity contribution in [3.63, 3.8) is 0 Å². The SMILES string of the molecule is CC(=O)NC1(c2noc(CCC(=O)Nc3ccccc3O)n2)CCCCCC1. The molecule has 8 nitrogen and oxygen atoms in total. The van der Waals surface area contributed by atoms with E-state index in [0.717, 1.165) is 38.5 Å². The van der Waals surface area contributed by atoms with Crippen molar-refractivity contribution in [2.24, 2.45) is 0 Å². The second-order valence-electron chi connectivity index (χ2n) is 7.25.